The summed E-state index contributed by atoms with van der Waals surface area (Å²) in [7, 11) is 0. The number of carbonyl (C=O) groups excluding carboxylic acids is 3. The van der Waals surface area contributed by atoms with E-state index in [4.69, 9.17) is 11.6 Å². The van der Waals surface area contributed by atoms with Crippen LogP contribution in [0.5, 0.6) is 0 Å². The van der Waals surface area contributed by atoms with E-state index >= 15 is 0 Å². The molecule has 0 radical (unpaired) electrons. The van der Waals surface area contributed by atoms with E-state index in [0.717, 1.165) is 5.56 Å². The van der Waals surface area contributed by atoms with Crippen molar-refractivity contribution in [3.63, 3.8) is 0 Å². The number of halogens is 1. The summed E-state index contributed by atoms with van der Waals surface area (Å²) in [4.78, 5) is 36.3. The van der Waals surface area contributed by atoms with Crippen LogP contribution in [-0.2, 0) is 9.59 Å². The SMILES string of the molecule is CC(=O)Nc1ccc(NC(=O)c2sc(NC(=O)C(C)(C)C)cc2C)cc1Cl. The van der Waals surface area contributed by atoms with E-state index in [1.165, 1.54) is 18.3 Å². The number of carbonyl (C=O) groups is 3. The van der Waals surface area contributed by atoms with Gasteiger partial charge in [-0.25, -0.2) is 0 Å². The van der Waals surface area contributed by atoms with E-state index in [1.54, 1.807) is 24.3 Å². The first-order valence-corrected chi connectivity index (χ1v) is 9.47. The molecule has 3 N–H and O–H groups in total. The van der Waals surface area contributed by atoms with E-state index < -0.39 is 5.41 Å². The van der Waals surface area contributed by atoms with Crippen LogP contribution >= 0.6 is 22.9 Å². The Bertz CT molecular complexity index is 900. The van der Waals surface area contributed by atoms with Crippen molar-refractivity contribution in [2.45, 2.75) is 34.6 Å². The standard InChI is InChI=1S/C19H22ClN3O3S/c1-10-8-15(23-18(26)19(3,4)5)27-16(10)17(25)22-12-6-7-14(13(20)9-12)21-11(2)24/h6-9H,1-5H3,(H,21,24)(H,22,25)(H,23,26). The van der Waals surface area contributed by atoms with Gasteiger partial charge in [0, 0.05) is 18.0 Å². The summed E-state index contributed by atoms with van der Waals surface area (Å²) in [6.07, 6.45) is 0. The highest BCUT2D eigenvalue weighted by Gasteiger charge is 2.23. The van der Waals surface area contributed by atoms with Gasteiger partial charge in [-0.3, -0.25) is 14.4 Å². The molecule has 8 heteroatoms. The number of thiophene rings is 1. The van der Waals surface area contributed by atoms with Gasteiger partial charge in [0.1, 0.15) is 0 Å². The highest BCUT2D eigenvalue weighted by molar-refractivity contribution is 7.18. The van der Waals surface area contributed by atoms with Crippen molar-refractivity contribution in [2.24, 2.45) is 5.41 Å². The van der Waals surface area contributed by atoms with Crippen LogP contribution in [-0.4, -0.2) is 17.7 Å². The number of amides is 3. The van der Waals surface area contributed by atoms with Crippen LogP contribution in [0.25, 0.3) is 0 Å². The maximum absolute atomic E-state index is 12.6. The molecule has 6 nitrogen and oxygen atoms in total. The Morgan fingerprint density at radius 3 is 2.26 bits per heavy atom. The number of rotatable bonds is 4. The average molecular weight is 408 g/mol. The Labute approximate surface area is 167 Å². The molecule has 1 heterocycles. The van der Waals surface area contributed by atoms with Gasteiger partial charge < -0.3 is 16.0 Å². The summed E-state index contributed by atoms with van der Waals surface area (Å²) in [6.45, 7) is 8.67. The second-order valence-corrected chi connectivity index (χ2v) is 8.62. The molecular weight excluding hydrogens is 386 g/mol. The normalized spacial score (nSPS) is 11.0. The fraction of sp³-hybridized carbons (Fsp3) is 0.316. The number of anilines is 3. The van der Waals surface area contributed by atoms with Crippen LogP contribution in [0, 0.1) is 12.3 Å². The van der Waals surface area contributed by atoms with Crippen LogP contribution in [0.1, 0.15) is 42.9 Å². The number of hydrogen-bond acceptors (Lipinski definition) is 4. The summed E-state index contributed by atoms with van der Waals surface area (Å²) in [5.74, 6) is -0.638. The first kappa shape index (κ1) is 20.9. The molecule has 0 bridgehead atoms. The lowest BCUT2D eigenvalue weighted by Gasteiger charge is -2.16. The fourth-order valence-corrected chi connectivity index (χ4v) is 3.33. The van der Waals surface area contributed by atoms with Crippen molar-refractivity contribution in [1.82, 2.24) is 0 Å². The predicted octanol–water partition coefficient (Wildman–Crippen LogP) is 4.91. The summed E-state index contributed by atoms with van der Waals surface area (Å²) in [6, 6.07) is 6.61. The Balaban J connectivity index is 2.13. The topological polar surface area (TPSA) is 87.3 Å². The highest BCUT2D eigenvalue weighted by atomic mass is 35.5. The van der Waals surface area contributed by atoms with Crippen LogP contribution < -0.4 is 16.0 Å². The summed E-state index contributed by atoms with van der Waals surface area (Å²) in [5, 5.41) is 9.17. The Morgan fingerprint density at radius 1 is 1.04 bits per heavy atom. The van der Waals surface area contributed by atoms with E-state index in [9.17, 15) is 14.4 Å². The van der Waals surface area contributed by atoms with E-state index in [-0.39, 0.29) is 17.7 Å². The molecule has 0 spiro atoms. The zero-order valence-electron chi connectivity index (χ0n) is 15.8. The number of aryl methyl sites for hydroxylation is 1. The fourth-order valence-electron chi connectivity index (χ4n) is 2.14. The molecule has 27 heavy (non-hydrogen) atoms. The first-order chi connectivity index (χ1) is 12.5. The van der Waals surface area contributed by atoms with Gasteiger partial charge in [0.15, 0.2) is 0 Å². The summed E-state index contributed by atoms with van der Waals surface area (Å²) in [5.41, 5.74) is 1.23. The summed E-state index contributed by atoms with van der Waals surface area (Å²) >= 11 is 7.34. The minimum Gasteiger partial charge on any atom is -0.325 e. The molecule has 144 valence electrons. The van der Waals surface area contributed by atoms with Crippen LogP contribution in [0.15, 0.2) is 24.3 Å². The number of benzene rings is 1. The predicted molar refractivity (Wildman–Crippen MR) is 111 cm³/mol. The van der Waals surface area contributed by atoms with E-state index in [2.05, 4.69) is 16.0 Å². The molecule has 0 fully saturated rings. The summed E-state index contributed by atoms with van der Waals surface area (Å²) < 4.78 is 0. The monoisotopic (exact) mass is 407 g/mol. The Morgan fingerprint density at radius 2 is 1.70 bits per heavy atom. The van der Waals surface area contributed by atoms with Gasteiger partial charge in [-0.2, -0.15) is 0 Å². The van der Waals surface area contributed by atoms with Crippen LogP contribution in [0.4, 0.5) is 16.4 Å². The molecule has 1 aromatic carbocycles. The van der Waals surface area contributed by atoms with Crippen LogP contribution in [0.2, 0.25) is 5.02 Å². The Kier molecular flexibility index (Phi) is 6.28. The van der Waals surface area contributed by atoms with Crippen molar-refractivity contribution in [1.29, 1.82) is 0 Å². The van der Waals surface area contributed by atoms with Gasteiger partial charge in [0.25, 0.3) is 5.91 Å². The molecule has 0 atom stereocenters. The third kappa shape index (κ3) is 5.55. The van der Waals surface area contributed by atoms with E-state index in [0.29, 0.717) is 26.3 Å². The maximum atomic E-state index is 12.6. The lowest BCUT2D eigenvalue weighted by Crippen LogP contribution is -2.27. The van der Waals surface area contributed by atoms with Crippen molar-refractivity contribution >= 4 is 57.0 Å². The van der Waals surface area contributed by atoms with Crippen LogP contribution in [0.3, 0.4) is 0 Å². The molecule has 2 aromatic rings. The zero-order chi connectivity index (χ0) is 20.4. The molecule has 0 saturated carbocycles. The Hall–Kier alpha value is -2.38. The molecule has 0 unspecified atom stereocenters. The smallest absolute Gasteiger partial charge is 0.266 e. The second-order valence-electron chi connectivity index (χ2n) is 7.16. The number of nitrogens with one attached hydrogen (secondary N) is 3. The van der Waals surface area contributed by atoms with Gasteiger partial charge in [0.2, 0.25) is 11.8 Å². The zero-order valence-corrected chi connectivity index (χ0v) is 17.4. The lowest BCUT2D eigenvalue weighted by molar-refractivity contribution is -0.123. The maximum Gasteiger partial charge on any atom is 0.266 e. The molecule has 0 aliphatic rings. The molecule has 3 amide bonds. The molecule has 0 aliphatic carbocycles. The first-order valence-electron chi connectivity index (χ1n) is 8.27. The highest BCUT2D eigenvalue weighted by Crippen LogP contribution is 2.30. The van der Waals surface area contributed by atoms with Gasteiger partial charge in [0.05, 0.1) is 20.6 Å². The van der Waals surface area contributed by atoms with Crippen molar-refractivity contribution in [2.75, 3.05) is 16.0 Å². The van der Waals surface area contributed by atoms with Gasteiger partial charge in [-0.15, -0.1) is 11.3 Å². The number of hydrogen-bond donors (Lipinski definition) is 3. The molecule has 1 aromatic heterocycles. The molecule has 2 rings (SSSR count). The van der Waals surface area contributed by atoms with Gasteiger partial charge in [-0.1, -0.05) is 32.4 Å². The van der Waals surface area contributed by atoms with E-state index in [1.807, 2.05) is 27.7 Å². The quantitative estimate of drug-likeness (QED) is 0.673. The third-order valence-electron chi connectivity index (χ3n) is 3.58. The third-order valence-corrected chi connectivity index (χ3v) is 5.04. The average Bonchev–Trinajstić information content (AvgIpc) is 2.89. The van der Waals surface area contributed by atoms with Crippen molar-refractivity contribution < 1.29 is 14.4 Å². The second kappa shape index (κ2) is 8.10. The molecule has 0 saturated heterocycles. The van der Waals surface area contributed by atoms with Gasteiger partial charge in [-0.05, 0) is 36.8 Å². The minimum atomic E-state index is -0.521. The molecule has 0 aliphatic heterocycles. The minimum absolute atomic E-state index is 0.115. The lowest BCUT2D eigenvalue weighted by atomic mass is 9.96. The largest absolute Gasteiger partial charge is 0.325 e. The van der Waals surface area contributed by atoms with Gasteiger partial charge >= 0.3 is 0 Å². The molecular formula is C19H22ClN3O3S. The van der Waals surface area contributed by atoms with Crippen molar-refractivity contribution in [3.8, 4) is 0 Å². The van der Waals surface area contributed by atoms with Crippen molar-refractivity contribution in [3.05, 3.63) is 39.7 Å².